The minimum atomic E-state index is -6.00. The van der Waals surface area contributed by atoms with E-state index in [2.05, 4.69) is 30.3 Å². The topological polar surface area (TPSA) is 0 Å². The van der Waals surface area contributed by atoms with Crippen LogP contribution >= 0.6 is 0 Å². The molecule has 0 amide bonds. The van der Waals surface area contributed by atoms with Crippen molar-refractivity contribution in [2.75, 3.05) is 0 Å². The Hall–Kier alpha value is -0.476. The first kappa shape index (κ1) is 10.5. The molecule has 1 spiro atoms. The Morgan fingerprint density at radius 3 is 1.52 bits per heavy atom. The van der Waals surface area contributed by atoms with Gasteiger partial charge >= 0.3 is 104 Å². The second-order valence-electron chi connectivity index (χ2n) is 12.0. The van der Waals surface area contributed by atoms with E-state index in [9.17, 15) is 17.3 Å². The summed E-state index contributed by atoms with van der Waals surface area (Å²) in [7, 11) is -6.00. The predicted molar refractivity (Wildman–Crippen MR) is 76.8 cm³/mol. The van der Waals surface area contributed by atoms with Gasteiger partial charge in [-0.3, -0.25) is 0 Å². The van der Waals surface area contributed by atoms with Crippen molar-refractivity contribution < 1.29 is 23.8 Å². The minimum absolute atomic E-state index is 1.10. The molecule has 0 nitrogen and oxygen atoms in total. The Balaban J connectivity index is 0.000000169. The molecule has 1 aromatic rings. The van der Waals surface area contributed by atoms with E-state index in [1.165, 1.54) is 43.3 Å². The summed E-state index contributed by atoms with van der Waals surface area (Å²) in [4.78, 5) is 13.5. The molecule has 1 aromatic carbocycles. The molecule has 0 N–H and O–H groups in total. The van der Waals surface area contributed by atoms with Crippen molar-refractivity contribution in [2.24, 2.45) is 0 Å². The summed E-state index contributed by atoms with van der Waals surface area (Å²) in [5.41, 5.74) is 1.71. The molecule has 11 rings (SSSR count). The normalized spacial score (nSPS) is 91.0. The van der Waals surface area contributed by atoms with Gasteiger partial charge in [-0.15, -0.1) is 0 Å². The molecule has 4 unspecified atom stereocenters. The van der Waals surface area contributed by atoms with Crippen LogP contribution < -0.4 is 0 Å². The molecule has 4 atom stereocenters. The third kappa shape index (κ3) is 0.161. The van der Waals surface area contributed by atoms with Crippen LogP contribution in [0, 0.1) is 0 Å². The quantitative estimate of drug-likeness (QED) is 0.428. The summed E-state index contributed by atoms with van der Waals surface area (Å²) in [6.07, 6.45) is 1.57. The van der Waals surface area contributed by atoms with Crippen LogP contribution in [0.25, 0.3) is 0 Å². The molecule has 0 bridgehead atoms. The molecule has 6 heteroatoms. The zero-order chi connectivity index (χ0) is 15.3. The van der Waals surface area contributed by atoms with Crippen LogP contribution in [0.5, 0.6) is 0 Å². The third-order valence-corrected chi connectivity index (χ3v) is 59.3. The van der Waals surface area contributed by atoms with Gasteiger partial charge in [0.1, 0.15) is 0 Å². The zero-order valence-electron chi connectivity index (χ0n) is 12.2. The molecule has 10 fully saturated rings. The molecule has 0 aromatic heterocycles. The van der Waals surface area contributed by atoms with Crippen LogP contribution in [0.1, 0.15) is 5.56 Å². The fraction of sp³-hybridized carbons (Fsp3) is 0.647. The molecule has 10 aliphatic heterocycles. The summed E-state index contributed by atoms with van der Waals surface area (Å²) in [6.45, 7) is -2.75. The molecule has 124 valence electrons. The van der Waals surface area contributed by atoms with Crippen molar-refractivity contribution in [3.63, 3.8) is 0 Å². The Kier molecular flexibility index (Phi) is 0.484. The molecular weight excluding hydrogens is 347 g/mol. The maximum atomic E-state index is 9.75. The second kappa shape index (κ2) is 1.06. The Labute approximate surface area is 121 Å². The standard InChI is InChI=1S/C12H11.C5H5.BF4.Fe/c1-2-6-11(7-3-1)10-12-8-4-5-9-12;1-2-4-5-3-1;2-1(3,4)5;/h1-9H,10H2;1-5H;;/q;;-1;. The van der Waals surface area contributed by atoms with Crippen LogP contribution in [-0.2, 0) is 12.9 Å². The summed E-state index contributed by atoms with van der Waals surface area (Å²) >= 11 is 0. The van der Waals surface area contributed by atoms with Crippen LogP contribution in [0.3, 0.4) is 0 Å². The number of hydrogen-bond acceptors (Lipinski definition) is 0. The van der Waals surface area contributed by atoms with Crippen molar-refractivity contribution in [3.8, 4) is 0 Å². The molecule has 10 saturated heterocycles. The van der Waals surface area contributed by atoms with Crippen LogP contribution in [0.15, 0.2) is 30.3 Å². The first-order valence-corrected chi connectivity index (χ1v) is 15.0. The molecule has 0 saturated carbocycles. The van der Waals surface area contributed by atoms with E-state index in [0.717, 1.165) is 4.31 Å². The van der Waals surface area contributed by atoms with Gasteiger partial charge in [0.05, 0.1) is 0 Å². The number of hydrogen-bond donors (Lipinski definition) is 0. The van der Waals surface area contributed by atoms with Crippen molar-refractivity contribution in [1.82, 2.24) is 0 Å². The fourth-order valence-corrected chi connectivity index (χ4v) is 92.9. The number of fused-ring (bicyclic) bond motifs is 10. The van der Waals surface area contributed by atoms with Gasteiger partial charge in [-0.25, -0.2) is 0 Å². The van der Waals surface area contributed by atoms with Crippen LogP contribution in [0.4, 0.5) is 17.3 Å². The first-order chi connectivity index (χ1) is 10.6. The van der Waals surface area contributed by atoms with E-state index in [-0.39, 0.29) is 0 Å². The van der Waals surface area contributed by atoms with Crippen molar-refractivity contribution in [3.05, 3.63) is 35.9 Å². The van der Waals surface area contributed by atoms with E-state index in [0.29, 0.717) is 0 Å². The Morgan fingerprint density at radius 2 is 1.22 bits per heavy atom. The summed E-state index contributed by atoms with van der Waals surface area (Å²) in [6, 6.07) is 11.6. The average molecular weight is 363 g/mol. The number of benzene rings is 1. The Bertz CT molecular complexity index is 1140. The predicted octanol–water partition coefficient (Wildman–Crippen LogP) is 6.29. The van der Waals surface area contributed by atoms with E-state index < -0.39 is 13.8 Å². The molecular formula is C17H16BF4Fe-. The van der Waals surface area contributed by atoms with E-state index in [4.69, 9.17) is 0 Å². The first-order valence-electron chi connectivity index (χ1n) is 8.75. The second-order valence-corrected chi connectivity index (χ2v) is 35.7. The zero-order valence-corrected chi connectivity index (χ0v) is 13.3. The summed E-state index contributed by atoms with van der Waals surface area (Å²) < 4.78 is 40.1. The monoisotopic (exact) mass is 363 g/mol. The van der Waals surface area contributed by atoms with E-state index in [1.807, 2.05) is 0 Å². The van der Waals surface area contributed by atoms with Crippen LogP contribution in [-0.4, -0.2) is 7.25 Å². The molecule has 0 radical (unpaired) electrons. The van der Waals surface area contributed by atoms with Crippen molar-refractivity contribution in [2.45, 2.75) is 54.1 Å². The summed E-state index contributed by atoms with van der Waals surface area (Å²) in [5.74, 6) is 0. The van der Waals surface area contributed by atoms with E-state index >= 15 is 0 Å². The fourth-order valence-electron chi connectivity index (χ4n) is 18.0. The van der Waals surface area contributed by atoms with Gasteiger partial charge < -0.3 is 17.3 Å². The third-order valence-electron chi connectivity index (χ3n) is 16.3. The number of halogens is 4. The van der Waals surface area contributed by atoms with Crippen molar-refractivity contribution >= 4 is 7.25 Å². The SMILES string of the molecule is F[B-](F)(F)F.c1ccc(C[C]23[CH]4[CH]5[CH]6[CH]2[Fe]56432789[CH]3[CH]2[CH]7[CH]8[CH]39)cc1. The van der Waals surface area contributed by atoms with Gasteiger partial charge in [0.2, 0.25) is 0 Å². The molecule has 10 heterocycles. The van der Waals surface area contributed by atoms with Gasteiger partial charge in [0.25, 0.3) is 0 Å². The van der Waals surface area contributed by atoms with Crippen LogP contribution in [0.2, 0.25) is 47.7 Å². The van der Waals surface area contributed by atoms with Gasteiger partial charge in [-0.05, 0) is 0 Å². The number of rotatable bonds is 2. The average Bonchev–Trinajstić information content (AvgIpc) is 3.41. The maximum absolute atomic E-state index is 9.75. The van der Waals surface area contributed by atoms with Gasteiger partial charge in [0.15, 0.2) is 0 Å². The van der Waals surface area contributed by atoms with Crippen molar-refractivity contribution in [1.29, 1.82) is 0 Å². The van der Waals surface area contributed by atoms with E-state index in [1.54, 1.807) is 12.0 Å². The molecule has 10 aliphatic rings. The van der Waals surface area contributed by atoms with Gasteiger partial charge in [0, 0.05) is 0 Å². The Morgan fingerprint density at radius 1 is 0.783 bits per heavy atom. The van der Waals surface area contributed by atoms with Gasteiger partial charge in [-0.1, -0.05) is 0 Å². The van der Waals surface area contributed by atoms with Gasteiger partial charge in [-0.2, -0.15) is 0 Å². The molecule has 23 heavy (non-hydrogen) atoms. The molecule has 0 aliphatic carbocycles. The summed E-state index contributed by atoms with van der Waals surface area (Å²) in [5, 5.41) is 0.